The summed E-state index contributed by atoms with van der Waals surface area (Å²) >= 11 is 1.46. The van der Waals surface area contributed by atoms with Crippen LogP contribution < -0.4 is 10.2 Å². The zero-order valence-corrected chi connectivity index (χ0v) is 15.7. The Balaban J connectivity index is 1.52. The number of amides is 1. The molecule has 0 spiro atoms. The molecule has 1 amide bonds. The van der Waals surface area contributed by atoms with E-state index in [4.69, 9.17) is 9.26 Å². The van der Waals surface area contributed by atoms with Gasteiger partial charge in [0.1, 0.15) is 10.6 Å². The van der Waals surface area contributed by atoms with Gasteiger partial charge in [-0.3, -0.25) is 4.79 Å². The lowest BCUT2D eigenvalue weighted by molar-refractivity contribution is 0.0956. The SMILES string of the molecule is Cc1nc(N2CCOCC2)sc1C(=O)NCCCc1c(C)noc1C. The zero-order valence-electron chi connectivity index (χ0n) is 14.9. The molecule has 7 nitrogen and oxygen atoms in total. The van der Waals surface area contributed by atoms with Crippen molar-refractivity contribution in [3.8, 4) is 0 Å². The summed E-state index contributed by atoms with van der Waals surface area (Å²) in [5.41, 5.74) is 2.85. The molecule has 3 heterocycles. The summed E-state index contributed by atoms with van der Waals surface area (Å²) < 4.78 is 10.5. The minimum absolute atomic E-state index is 0.0479. The molecule has 1 saturated heterocycles. The molecule has 0 aliphatic carbocycles. The number of carbonyl (C=O) groups is 1. The number of aromatic nitrogens is 2. The second-order valence-corrected chi connectivity index (χ2v) is 7.15. The highest BCUT2D eigenvalue weighted by molar-refractivity contribution is 7.17. The third kappa shape index (κ3) is 4.19. The molecular formula is C17H24N4O3S. The van der Waals surface area contributed by atoms with Crippen LogP contribution in [-0.2, 0) is 11.2 Å². The maximum atomic E-state index is 12.4. The molecule has 2 aromatic rings. The standard InChI is InChI=1S/C17H24N4O3S/c1-11-14(13(3)24-20-11)5-4-6-18-16(22)15-12(2)19-17(25-15)21-7-9-23-10-8-21/h4-10H2,1-3H3,(H,18,22). The van der Waals surface area contributed by atoms with Crippen molar-refractivity contribution in [3.05, 3.63) is 27.6 Å². The Morgan fingerprint density at radius 1 is 1.24 bits per heavy atom. The van der Waals surface area contributed by atoms with Gasteiger partial charge in [-0.1, -0.05) is 16.5 Å². The van der Waals surface area contributed by atoms with Crippen LogP contribution in [-0.4, -0.2) is 48.9 Å². The fourth-order valence-electron chi connectivity index (χ4n) is 2.89. The van der Waals surface area contributed by atoms with Gasteiger partial charge in [0.25, 0.3) is 5.91 Å². The molecule has 0 unspecified atom stereocenters. The van der Waals surface area contributed by atoms with Crippen molar-refractivity contribution in [1.82, 2.24) is 15.5 Å². The Morgan fingerprint density at radius 2 is 2.00 bits per heavy atom. The lowest BCUT2D eigenvalue weighted by Gasteiger charge is -2.25. The lowest BCUT2D eigenvalue weighted by Crippen LogP contribution is -2.36. The molecule has 8 heteroatoms. The first-order chi connectivity index (χ1) is 12.1. The van der Waals surface area contributed by atoms with Gasteiger partial charge < -0.3 is 19.5 Å². The number of thiazole rings is 1. The van der Waals surface area contributed by atoms with E-state index in [-0.39, 0.29) is 5.91 Å². The van der Waals surface area contributed by atoms with E-state index in [9.17, 15) is 4.79 Å². The smallest absolute Gasteiger partial charge is 0.263 e. The van der Waals surface area contributed by atoms with Crippen molar-refractivity contribution in [1.29, 1.82) is 0 Å². The van der Waals surface area contributed by atoms with Gasteiger partial charge in [0.2, 0.25) is 0 Å². The molecule has 2 aromatic heterocycles. The number of aryl methyl sites for hydroxylation is 3. The van der Waals surface area contributed by atoms with Gasteiger partial charge in [0, 0.05) is 25.2 Å². The average molecular weight is 364 g/mol. The largest absolute Gasteiger partial charge is 0.378 e. The Morgan fingerprint density at radius 3 is 2.68 bits per heavy atom. The fourth-order valence-corrected chi connectivity index (χ4v) is 3.92. The number of carbonyl (C=O) groups excluding carboxylic acids is 1. The van der Waals surface area contributed by atoms with E-state index in [1.165, 1.54) is 11.3 Å². The molecule has 0 bridgehead atoms. The maximum Gasteiger partial charge on any atom is 0.263 e. The molecule has 0 radical (unpaired) electrons. The van der Waals surface area contributed by atoms with Crippen LogP contribution in [0.2, 0.25) is 0 Å². The lowest BCUT2D eigenvalue weighted by atomic mass is 10.1. The summed E-state index contributed by atoms with van der Waals surface area (Å²) in [7, 11) is 0. The van der Waals surface area contributed by atoms with Crippen LogP contribution in [0.5, 0.6) is 0 Å². The third-order valence-electron chi connectivity index (χ3n) is 4.34. The zero-order chi connectivity index (χ0) is 17.8. The highest BCUT2D eigenvalue weighted by atomic mass is 32.1. The van der Waals surface area contributed by atoms with E-state index >= 15 is 0 Å². The Kier molecular flexibility index (Phi) is 5.70. The second-order valence-electron chi connectivity index (χ2n) is 6.17. The van der Waals surface area contributed by atoms with Crippen LogP contribution in [0.15, 0.2) is 4.52 Å². The van der Waals surface area contributed by atoms with Gasteiger partial charge in [-0.15, -0.1) is 0 Å². The molecule has 1 aliphatic heterocycles. The van der Waals surface area contributed by atoms with E-state index in [2.05, 4.69) is 20.4 Å². The molecule has 0 saturated carbocycles. The van der Waals surface area contributed by atoms with Crippen molar-refractivity contribution in [2.24, 2.45) is 0 Å². The molecule has 1 fully saturated rings. The fraction of sp³-hybridized carbons (Fsp3) is 0.588. The van der Waals surface area contributed by atoms with Crippen LogP contribution >= 0.6 is 11.3 Å². The van der Waals surface area contributed by atoms with Crippen molar-refractivity contribution in [2.75, 3.05) is 37.7 Å². The number of ether oxygens (including phenoxy) is 1. The minimum Gasteiger partial charge on any atom is -0.378 e. The molecule has 25 heavy (non-hydrogen) atoms. The van der Waals surface area contributed by atoms with Crippen LogP contribution in [0.3, 0.4) is 0 Å². The van der Waals surface area contributed by atoms with Crippen molar-refractivity contribution >= 4 is 22.4 Å². The quantitative estimate of drug-likeness (QED) is 0.792. The monoisotopic (exact) mass is 364 g/mol. The molecular weight excluding hydrogens is 340 g/mol. The van der Waals surface area contributed by atoms with E-state index in [1.54, 1.807) is 0 Å². The highest BCUT2D eigenvalue weighted by Gasteiger charge is 2.20. The molecule has 3 rings (SSSR count). The van der Waals surface area contributed by atoms with E-state index in [0.29, 0.717) is 24.6 Å². The number of rotatable bonds is 6. The summed E-state index contributed by atoms with van der Waals surface area (Å²) in [6.45, 7) is 9.44. The van der Waals surface area contributed by atoms with Crippen molar-refractivity contribution in [3.63, 3.8) is 0 Å². The number of morpholine rings is 1. The Hall–Kier alpha value is -1.93. The predicted molar refractivity (Wildman–Crippen MR) is 96.5 cm³/mol. The summed E-state index contributed by atoms with van der Waals surface area (Å²) in [4.78, 5) is 19.9. The Bertz CT molecular complexity index is 715. The summed E-state index contributed by atoms with van der Waals surface area (Å²) in [6.07, 6.45) is 1.70. The van der Waals surface area contributed by atoms with Crippen molar-refractivity contribution < 1.29 is 14.1 Å². The summed E-state index contributed by atoms with van der Waals surface area (Å²) in [6, 6.07) is 0. The second kappa shape index (κ2) is 7.97. The van der Waals surface area contributed by atoms with Gasteiger partial charge in [-0.2, -0.15) is 0 Å². The van der Waals surface area contributed by atoms with Crippen LogP contribution in [0.25, 0.3) is 0 Å². The van der Waals surface area contributed by atoms with Crippen LogP contribution in [0.1, 0.15) is 38.8 Å². The van der Waals surface area contributed by atoms with Gasteiger partial charge in [-0.05, 0) is 33.6 Å². The van der Waals surface area contributed by atoms with Crippen LogP contribution in [0, 0.1) is 20.8 Å². The first kappa shape index (κ1) is 17.9. The van der Waals surface area contributed by atoms with E-state index < -0.39 is 0 Å². The number of hydrogen-bond donors (Lipinski definition) is 1. The molecule has 0 aromatic carbocycles. The van der Waals surface area contributed by atoms with Crippen LogP contribution in [0.4, 0.5) is 5.13 Å². The average Bonchev–Trinajstić information content (AvgIpc) is 3.16. The summed E-state index contributed by atoms with van der Waals surface area (Å²) in [5.74, 6) is 0.811. The molecule has 0 atom stereocenters. The summed E-state index contributed by atoms with van der Waals surface area (Å²) in [5, 5.41) is 7.85. The van der Waals surface area contributed by atoms with Gasteiger partial charge in [0.15, 0.2) is 5.13 Å². The van der Waals surface area contributed by atoms with Gasteiger partial charge in [-0.25, -0.2) is 4.98 Å². The van der Waals surface area contributed by atoms with Crippen molar-refractivity contribution in [2.45, 2.75) is 33.6 Å². The third-order valence-corrected chi connectivity index (χ3v) is 5.56. The number of hydrogen-bond acceptors (Lipinski definition) is 7. The molecule has 1 aliphatic rings. The highest BCUT2D eigenvalue weighted by Crippen LogP contribution is 2.26. The number of nitrogens with one attached hydrogen (secondary N) is 1. The normalized spacial score (nSPS) is 14.8. The minimum atomic E-state index is -0.0479. The Labute approximate surface area is 151 Å². The molecule has 1 N–H and O–H groups in total. The number of nitrogens with zero attached hydrogens (tertiary/aromatic N) is 3. The van der Waals surface area contributed by atoms with E-state index in [1.807, 2.05) is 20.8 Å². The predicted octanol–water partition coefficient (Wildman–Crippen LogP) is 2.26. The molecule has 136 valence electrons. The van der Waals surface area contributed by atoms with Gasteiger partial charge in [0.05, 0.1) is 24.6 Å². The topological polar surface area (TPSA) is 80.5 Å². The number of anilines is 1. The first-order valence-electron chi connectivity index (χ1n) is 8.56. The van der Waals surface area contributed by atoms with E-state index in [0.717, 1.165) is 53.8 Å². The maximum absolute atomic E-state index is 12.4. The first-order valence-corrected chi connectivity index (χ1v) is 9.38. The van der Waals surface area contributed by atoms with Gasteiger partial charge >= 0.3 is 0 Å².